The number of sulfonamides is 1. The van der Waals surface area contributed by atoms with Crippen LogP contribution in [0.4, 0.5) is 5.69 Å². The average Bonchev–Trinajstić information content (AvgIpc) is 2.66. The van der Waals surface area contributed by atoms with Crippen LogP contribution in [-0.4, -0.2) is 8.42 Å². The highest BCUT2D eigenvalue weighted by atomic mass is 35.5. The van der Waals surface area contributed by atoms with Gasteiger partial charge < -0.3 is 0 Å². The molecule has 1 aliphatic heterocycles. The highest BCUT2D eigenvalue weighted by molar-refractivity contribution is 8.18. The minimum Gasteiger partial charge on any atom is -0.293 e. The van der Waals surface area contributed by atoms with Crippen LogP contribution in [0.2, 0.25) is 5.02 Å². The number of primary sulfonamides is 1. The molecule has 1 heterocycles. The SMILES string of the molecule is NS(=O)(=O)C1=CNN(c2ccccc2Cl)S1. The van der Waals surface area contributed by atoms with Gasteiger partial charge in [-0.2, -0.15) is 0 Å². The molecule has 1 aliphatic rings. The van der Waals surface area contributed by atoms with E-state index in [2.05, 4.69) is 5.43 Å². The number of nitrogens with zero attached hydrogens (tertiary/aromatic N) is 1. The van der Waals surface area contributed by atoms with Crippen LogP contribution in [-0.2, 0) is 10.0 Å². The molecule has 0 saturated heterocycles. The lowest BCUT2D eigenvalue weighted by Crippen LogP contribution is -2.22. The number of nitrogens with two attached hydrogens (primary N) is 1. The van der Waals surface area contributed by atoms with Crippen LogP contribution >= 0.6 is 23.5 Å². The molecule has 3 N–H and O–H groups in total. The Morgan fingerprint density at radius 3 is 2.62 bits per heavy atom. The van der Waals surface area contributed by atoms with Gasteiger partial charge in [0.1, 0.15) is 0 Å². The summed E-state index contributed by atoms with van der Waals surface area (Å²) in [6.07, 6.45) is 1.32. The molecule has 1 aromatic carbocycles. The number of halogens is 1. The monoisotopic (exact) mass is 277 g/mol. The van der Waals surface area contributed by atoms with Gasteiger partial charge in [-0.1, -0.05) is 23.7 Å². The molecule has 16 heavy (non-hydrogen) atoms. The van der Waals surface area contributed by atoms with Gasteiger partial charge in [-0.15, -0.1) is 0 Å². The van der Waals surface area contributed by atoms with E-state index in [0.29, 0.717) is 10.7 Å². The average molecular weight is 278 g/mol. The molecule has 0 bridgehead atoms. The van der Waals surface area contributed by atoms with Gasteiger partial charge in [-0.05, 0) is 12.1 Å². The van der Waals surface area contributed by atoms with Crippen LogP contribution in [0.3, 0.4) is 0 Å². The largest absolute Gasteiger partial charge is 0.293 e. The van der Waals surface area contributed by atoms with Gasteiger partial charge in [0, 0.05) is 18.1 Å². The van der Waals surface area contributed by atoms with Crippen molar-refractivity contribution in [3.63, 3.8) is 0 Å². The zero-order chi connectivity index (χ0) is 11.8. The Morgan fingerprint density at radius 1 is 1.38 bits per heavy atom. The number of nitrogens with one attached hydrogen (secondary N) is 1. The number of benzene rings is 1. The van der Waals surface area contributed by atoms with Crippen LogP contribution in [0.25, 0.3) is 0 Å². The third-order valence-electron chi connectivity index (χ3n) is 1.83. The quantitative estimate of drug-likeness (QED) is 0.799. The first-order valence-corrected chi connectivity index (χ1v) is 6.90. The third-order valence-corrected chi connectivity index (χ3v) is 4.53. The maximum atomic E-state index is 11.1. The Balaban J connectivity index is 2.22. The van der Waals surface area contributed by atoms with Crippen LogP contribution in [0, 0.1) is 0 Å². The predicted molar refractivity (Wildman–Crippen MR) is 65.8 cm³/mol. The Bertz CT molecular complexity index is 544. The zero-order valence-electron chi connectivity index (χ0n) is 7.92. The second-order valence-corrected chi connectivity index (χ2v) is 6.16. The van der Waals surface area contributed by atoms with E-state index in [1.54, 1.807) is 24.3 Å². The fraction of sp³-hybridized carbons (Fsp3) is 0. The Labute approximate surface area is 102 Å². The lowest BCUT2D eigenvalue weighted by molar-refractivity contribution is 0.605. The molecule has 8 heteroatoms. The smallest absolute Gasteiger partial charge is 0.247 e. The maximum absolute atomic E-state index is 11.1. The number of hydrogen-bond donors (Lipinski definition) is 2. The Morgan fingerprint density at radius 2 is 2.06 bits per heavy atom. The molecular weight excluding hydrogens is 270 g/mol. The molecule has 0 atom stereocenters. The summed E-state index contributed by atoms with van der Waals surface area (Å²) in [5, 5.41) is 5.52. The van der Waals surface area contributed by atoms with Crippen molar-refractivity contribution in [1.82, 2.24) is 5.43 Å². The molecule has 0 aliphatic carbocycles. The molecule has 2 rings (SSSR count). The standard InChI is InChI=1S/C8H8ClN3O2S2/c9-6-3-1-2-4-7(6)12-11-5-8(15-12)16(10,13)14/h1-5,11H,(H2,10,13,14). The van der Waals surface area contributed by atoms with E-state index in [-0.39, 0.29) is 4.24 Å². The van der Waals surface area contributed by atoms with Crippen LogP contribution in [0.1, 0.15) is 0 Å². The first-order chi connectivity index (χ1) is 7.48. The van der Waals surface area contributed by atoms with Crippen molar-refractivity contribution in [1.29, 1.82) is 0 Å². The van der Waals surface area contributed by atoms with Crippen molar-refractivity contribution in [3.8, 4) is 0 Å². The van der Waals surface area contributed by atoms with Gasteiger partial charge in [-0.3, -0.25) is 5.43 Å². The van der Waals surface area contributed by atoms with Crippen molar-refractivity contribution in [3.05, 3.63) is 39.7 Å². The number of anilines is 1. The molecule has 0 radical (unpaired) electrons. The molecule has 0 amide bonds. The van der Waals surface area contributed by atoms with Crippen LogP contribution < -0.4 is 15.0 Å². The van der Waals surface area contributed by atoms with Crippen LogP contribution in [0.15, 0.2) is 34.7 Å². The summed E-state index contributed by atoms with van der Waals surface area (Å²) in [5.41, 5.74) is 3.43. The second-order valence-electron chi connectivity index (χ2n) is 2.97. The van der Waals surface area contributed by atoms with E-state index >= 15 is 0 Å². The van der Waals surface area contributed by atoms with Crippen molar-refractivity contribution >= 4 is 39.3 Å². The van der Waals surface area contributed by atoms with Gasteiger partial charge in [0.05, 0.1) is 10.7 Å². The summed E-state index contributed by atoms with van der Waals surface area (Å²) in [7, 11) is -3.68. The van der Waals surface area contributed by atoms with Crippen molar-refractivity contribution in [2.75, 3.05) is 4.41 Å². The normalized spacial score (nSPS) is 15.9. The predicted octanol–water partition coefficient (Wildman–Crippen LogP) is 1.40. The highest BCUT2D eigenvalue weighted by Gasteiger charge is 2.24. The van der Waals surface area contributed by atoms with E-state index in [0.717, 1.165) is 11.9 Å². The summed E-state index contributed by atoms with van der Waals surface area (Å²) in [6.45, 7) is 0. The van der Waals surface area contributed by atoms with E-state index in [4.69, 9.17) is 16.7 Å². The van der Waals surface area contributed by atoms with Crippen molar-refractivity contribution in [2.45, 2.75) is 0 Å². The summed E-state index contributed by atoms with van der Waals surface area (Å²) in [5.74, 6) is 0. The second kappa shape index (κ2) is 4.17. The van der Waals surface area contributed by atoms with Gasteiger partial charge in [-0.25, -0.2) is 18.0 Å². The van der Waals surface area contributed by atoms with E-state index in [1.807, 2.05) is 0 Å². The van der Waals surface area contributed by atoms with E-state index in [9.17, 15) is 8.42 Å². The first-order valence-electron chi connectivity index (χ1n) is 4.20. The van der Waals surface area contributed by atoms with Crippen molar-refractivity contribution < 1.29 is 8.42 Å². The number of para-hydroxylation sites is 1. The van der Waals surface area contributed by atoms with E-state index in [1.165, 1.54) is 10.6 Å². The summed E-state index contributed by atoms with van der Waals surface area (Å²) in [6, 6.07) is 7.08. The molecule has 1 aromatic rings. The minimum absolute atomic E-state index is 0.0485. The zero-order valence-corrected chi connectivity index (χ0v) is 10.3. The van der Waals surface area contributed by atoms with Crippen molar-refractivity contribution in [2.24, 2.45) is 5.14 Å². The van der Waals surface area contributed by atoms with Gasteiger partial charge >= 0.3 is 0 Å². The summed E-state index contributed by atoms with van der Waals surface area (Å²) in [4.78, 5) is 0. The first kappa shape index (κ1) is 11.6. The lowest BCUT2D eigenvalue weighted by Gasteiger charge is -2.17. The topological polar surface area (TPSA) is 75.4 Å². The molecule has 86 valence electrons. The third kappa shape index (κ3) is 2.27. The Kier molecular flexibility index (Phi) is 3.02. The Hall–Kier alpha value is -0.890. The fourth-order valence-electron chi connectivity index (χ4n) is 1.12. The maximum Gasteiger partial charge on any atom is 0.247 e. The number of rotatable bonds is 2. The van der Waals surface area contributed by atoms with Gasteiger partial charge in [0.25, 0.3) is 0 Å². The molecule has 0 unspecified atom stereocenters. The summed E-state index contributed by atoms with van der Waals surface area (Å²) < 4.78 is 23.7. The molecule has 5 nitrogen and oxygen atoms in total. The number of hydrazine groups is 1. The minimum atomic E-state index is -3.68. The number of hydrogen-bond acceptors (Lipinski definition) is 5. The molecule has 0 spiro atoms. The summed E-state index contributed by atoms with van der Waals surface area (Å²) >= 11 is 6.94. The molecule has 0 fully saturated rings. The highest BCUT2D eigenvalue weighted by Crippen LogP contribution is 2.35. The van der Waals surface area contributed by atoms with Gasteiger partial charge in [0.15, 0.2) is 4.24 Å². The lowest BCUT2D eigenvalue weighted by atomic mass is 10.3. The van der Waals surface area contributed by atoms with Crippen LogP contribution in [0.5, 0.6) is 0 Å². The molecular formula is C8H8ClN3O2S2. The fourth-order valence-corrected chi connectivity index (χ4v) is 2.90. The molecule has 0 aromatic heterocycles. The molecule has 0 saturated carbocycles. The van der Waals surface area contributed by atoms with Gasteiger partial charge in [0.2, 0.25) is 10.0 Å². The van der Waals surface area contributed by atoms with E-state index < -0.39 is 10.0 Å².